The normalized spacial score (nSPS) is 11.3. The second-order valence-corrected chi connectivity index (χ2v) is 7.34. The largest absolute Gasteiger partial charge is 0.481 e. The number of carbonyl (C=O) groups excluding carboxylic acids is 2. The standard InChI is InChI=1S/C20H24NO5S/c1-16(22)21-18-10-7-9-17(14-18)8-3-2-4-11-19(23)15-27(26)13-6-5-12-20(24)25/h7,9-10,14-15H,2,4-6,11-13H2,1H3,(H,21,22)(H,24,25)/q-1. The van der Waals surface area contributed by atoms with Gasteiger partial charge in [0.2, 0.25) is 5.91 Å². The van der Waals surface area contributed by atoms with E-state index in [0.29, 0.717) is 37.1 Å². The third kappa shape index (κ3) is 11.6. The maximum absolute atomic E-state index is 11.7. The first kappa shape index (κ1) is 22.5. The molecule has 0 aliphatic heterocycles. The molecule has 0 saturated carbocycles. The minimum Gasteiger partial charge on any atom is -0.481 e. The first-order valence-corrected chi connectivity index (χ1v) is 10.1. The van der Waals surface area contributed by atoms with E-state index < -0.39 is 16.4 Å². The van der Waals surface area contributed by atoms with Crippen LogP contribution in [-0.2, 0) is 29.0 Å². The number of carboxylic acid groups (broad SMARTS) is 1. The molecule has 0 heterocycles. The Morgan fingerprint density at radius 1 is 1.19 bits per heavy atom. The number of hydrogen-bond acceptors (Lipinski definition) is 5. The monoisotopic (exact) mass is 390 g/mol. The van der Waals surface area contributed by atoms with Crippen molar-refractivity contribution in [2.45, 2.75) is 45.4 Å². The van der Waals surface area contributed by atoms with Crippen molar-refractivity contribution in [3.05, 3.63) is 29.8 Å². The maximum atomic E-state index is 11.7. The Labute approximate surface area is 161 Å². The molecule has 2 N–H and O–H groups in total. The highest BCUT2D eigenvalue weighted by molar-refractivity contribution is 7.84. The van der Waals surface area contributed by atoms with Gasteiger partial charge in [0, 0.05) is 37.4 Å². The second-order valence-electron chi connectivity index (χ2n) is 5.94. The number of amides is 1. The fraction of sp³-hybridized carbons (Fsp3) is 0.400. The number of benzene rings is 1. The molecule has 1 amide bonds. The molecule has 0 spiro atoms. The number of nitrogens with one attached hydrogen (secondary N) is 1. The van der Waals surface area contributed by atoms with Gasteiger partial charge in [-0.3, -0.25) is 24.8 Å². The molecule has 0 radical (unpaired) electrons. The molecule has 1 aromatic rings. The summed E-state index contributed by atoms with van der Waals surface area (Å²) in [5, 5.41) is 12.4. The first-order valence-electron chi connectivity index (χ1n) is 8.70. The molecule has 0 aromatic heterocycles. The summed E-state index contributed by atoms with van der Waals surface area (Å²) in [6, 6.07) is 7.20. The number of rotatable bonds is 10. The minimum absolute atomic E-state index is 0.0531. The Bertz CT molecular complexity index is 813. The van der Waals surface area contributed by atoms with E-state index in [0.717, 1.165) is 5.56 Å². The minimum atomic E-state index is -1.35. The van der Waals surface area contributed by atoms with Gasteiger partial charge in [-0.15, -0.1) is 11.1 Å². The van der Waals surface area contributed by atoms with Gasteiger partial charge in [-0.2, -0.15) is 0 Å². The summed E-state index contributed by atoms with van der Waals surface area (Å²) < 4.78 is 11.7. The summed E-state index contributed by atoms with van der Waals surface area (Å²) in [5.41, 5.74) is 1.46. The van der Waals surface area contributed by atoms with Crippen LogP contribution in [-0.4, -0.2) is 33.9 Å². The highest BCUT2D eigenvalue weighted by Gasteiger charge is 1.97. The summed E-state index contributed by atoms with van der Waals surface area (Å²) in [4.78, 5) is 33.2. The molecule has 0 aliphatic rings. The Morgan fingerprint density at radius 2 is 1.96 bits per heavy atom. The SMILES string of the molecule is CC(=O)Nc1cccc(C#CCCCC(=O)C=[S-](=O)CCCCC(=O)O)c1. The predicted octanol–water partition coefficient (Wildman–Crippen LogP) is 2.76. The van der Waals surface area contributed by atoms with Gasteiger partial charge in [0.25, 0.3) is 0 Å². The highest BCUT2D eigenvalue weighted by atomic mass is 32.2. The van der Waals surface area contributed by atoms with Crippen molar-refractivity contribution in [1.29, 1.82) is 0 Å². The van der Waals surface area contributed by atoms with Crippen molar-refractivity contribution in [2.75, 3.05) is 11.1 Å². The van der Waals surface area contributed by atoms with Crippen molar-refractivity contribution in [2.24, 2.45) is 0 Å². The van der Waals surface area contributed by atoms with Gasteiger partial charge in [0.1, 0.15) is 5.78 Å². The lowest BCUT2D eigenvalue weighted by molar-refractivity contribution is -0.137. The molecule has 1 aromatic carbocycles. The van der Waals surface area contributed by atoms with E-state index in [-0.39, 0.29) is 24.5 Å². The molecular formula is C20H24NO5S-. The van der Waals surface area contributed by atoms with E-state index in [2.05, 4.69) is 17.2 Å². The van der Waals surface area contributed by atoms with Crippen LogP contribution in [0.5, 0.6) is 0 Å². The number of carboxylic acids is 1. The third-order valence-electron chi connectivity index (χ3n) is 3.39. The van der Waals surface area contributed by atoms with Crippen LogP contribution in [0.4, 0.5) is 5.69 Å². The zero-order chi connectivity index (χ0) is 20.1. The molecule has 27 heavy (non-hydrogen) atoms. The molecule has 0 saturated heterocycles. The highest BCUT2D eigenvalue weighted by Crippen LogP contribution is 2.09. The van der Waals surface area contributed by atoms with E-state index in [1.165, 1.54) is 12.3 Å². The summed E-state index contributed by atoms with van der Waals surface area (Å²) >= 11 is 0. The van der Waals surface area contributed by atoms with E-state index >= 15 is 0 Å². The number of carbonyl (C=O) groups is 3. The van der Waals surface area contributed by atoms with Crippen molar-refractivity contribution in [3.63, 3.8) is 0 Å². The van der Waals surface area contributed by atoms with Crippen LogP contribution in [0.2, 0.25) is 0 Å². The summed E-state index contributed by atoms with van der Waals surface area (Å²) in [5.74, 6) is 5.08. The molecule has 0 aliphatic carbocycles. The Hall–Kier alpha value is -2.59. The topological polar surface area (TPSA) is 101 Å². The smallest absolute Gasteiger partial charge is 0.303 e. The summed E-state index contributed by atoms with van der Waals surface area (Å²) in [7, 11) is -1.35. The summed E-state index contributed by atoms with van der Waals surface area (Å²) in [6.07, 6.45) is 2.42. The van der Waals surface area contributed by atoms with Gasteiger partial charge in [0.15, 0.2) is 0 Å². The molecule has 0 unspecified atom stereocenters. The number of ketones is 1. The van der Waals surface area contributed by atoms with Crippen LogP contribution in [0.25, 0.3) is 0 Å². The van der Waals surface area contributed by atoms with Crippen molar-refractivity contribution < 1.29 is 23.7 Å². The van der Waals surface area contributed by atoms with Crippen LogP contribution < -0.4 is 5.32 Å². The number of hydrogen-bond donors (Lipinski definition) is 2. The van der Waals surface area contributed by atoms with E-state index in [1.807, 2.05) is 6.07 Å². The fourth-order valence-corrected chi connectivity index (χ4v) is 3.20. The molecule has 6 nitrogen and oxygen atoms in total. The van der Waals surface area contributed by atoms with E-state index in [4.69, 9.17) is 5.11 Å². The number of Topliss-reactive ketones (excluding diaryl/α,β-unsaturated/α-hetero) is 1. The molecule has 146 valence electrons. The second kappa shape index (κ2) is 12.7. The molecule has 0 fully saturated rings. The van der Waals surface area contributed by atoms with E-state index in [1.54, 1.807) is 18.2 Å². The van der Waals surface area contributed by atoms with Crippen LogP contribution in [0.3, 0.4) is 0 Å². The third-order valence-corrected chi connectivity index (χ3v) is 4.61. The van der Waals surface area contributed by atoms with Gasteiger partial charge < -0.3 is 14.6 Å². The summed E-state index contributed by atoms with van der Waals surface area (Å²) in [6.45, 7) is 1.44. The number of anilines is 1. The van der Waals surface area contributed by atoms with Crippen LogP contribution in [0.15, 0.2) is 24.3 Å². The fourth-order valence-electron chi connectivity index (χ4n) is 2.18. The van der Waals surface area contributed by atoms with Gasteiger partial charge in [-0.05, 0) is 31.0 Å². The van der Waals surface area contributed by atoms with Crippen molar-refractivity contribution in [3.8, 4) is 11.8 Å². The first-order chi connectivity index (χ1) is 12.9. The van der Waals surface area contributed by atoms with Gasteiger partial charge in [-0.1, -0.05) is 24.3 Å². The Morgan fingerprint density at radius 3 is 2.67 bits per heavy atom. The zero-order valence-electron chi connectivity index (χ0n) is 15.3. The zero-order valence-corrected chi connectivity index (χ0v) is 16.1. The maximum Gasteiger partial charge on any atom is 0.303 e. The van der Waals surface area contributed by atoms with Crippen LogP contribution in [0.1, 0.15) is 51.0 Å². The van der Waals surface area contributed by atoms with Crippen molar-refractivity contribution >= 4 is 39.1 Å². The Balaban J connectivity index is 2.33. The quantitative estimate of drug-likeness (QED) is 0.277. The Kier molecular flexibility index (Phi) is 10.6. The lowest BCUT2D eigenvalue weighted by atomic mass is 10.1. The number of unbranched alkanes of at least 4 members (excludes halogenated alkanes) is 2. The molecule has 1 rings (SSSR count). The predicted molar refractivity (Wildman–Crippen MR) is 107 cm³/mol. The van der Waals surface area contributed by atoms with Crippen LogP contribution >= 0.6 is 0 Å². The lowest BCUT2D eigenvalue weighted by Gasteiger charge is -2.03. The molecular weight excluding hydrogens is 366 g/mol. The van der Waals surface area contributed by atoms with Crippen molar-refractivity contribution in [1.82, 2.24) is 0 Å². The molecule has 0 bridgehead atoms. The molecule has 7 heteroatoms. The van der Waals surface area contributed by atoms with Gasteiger partial charge in [0.05, 0.1) is 0 Å². The van der Waals surface area contributed by atoms with Gasteiger partial charge in [-0.25, -0.2) is 0 Å². The van der Waals surface area contributed by atoms with E-state index in [9.17, 15) is 18.6 Å². The molecule has 0 atom stereocenters. The average molecular weight is 390 g/mol. The average Bonchev–Trinajstić information content (AvgIpc) is 2.58. The number of aliphatic carboxylic acids is 1. The lowest BCUT2D eigenvalue weighted by Crippen LogP contribution is -2.05. The van der Waals surface area contributed by atoms with Gasteiger partial charge >= 0.3 is 5.97 Å². The van der Waals surface area contributed by atoms with Crippen LogP contribution in [0, 0.1) is 11.8 Å².